The molecule has 2 aliphatic heterocycles. The first-order valence-electron chi connectivity index (χ1n) is 12.4. The number of ether oxygens (including phenoxy) is 1. The highest BCUT2D eigenvalue weighted by Crippen LogP contribution is 2.25. The van der Waals surface area contributed by atoms with Crippen LogP contribution in [0.3, 0.4) is 0 Å². The fourth-order valence-electron chi connectivity index (χ4n) is 4.56. The number of benzene rings is 1. The second-order valence-electron chi connectivity index (χ2n) is 10.4. The van der Waals surface area contributed by atoms with Gasteiger partial charge in [0, 0.05) is 38.8 Å². The Morgan fingerprint density at radius 3 is 2.50 bits per heavy atom. The van der Waals surface area contributed by atoms with Gasteiger partial charge in [-0.1, -0.05) is 6.07 Å². The van der Waals surface area contributed by atoms with Crippen molar-refractivity contribution in [2.24, 2.45) is 5.92 Å². The summed E-state index contributed by atoms with van der Waals surface area (Å²) in [6, 6.07) is 4.24. The van der Waals surface area contributed by atoms with E-state index in [0.717, 1.165) is 19.3 Å². The van der Waals surface area contributed by atoms with Crippen LogP contribution in [0.4, 0.5) is 10.5 Å². The number of nitrogens with zero attached hydrogens (tertiary/aromatic N) is 2. The number of likely N-dealkylation sites (tertiary alicyclic amines) is 1. The van der Waals surface area contributed by atoms with Gasteiger partial charge in [0.05, 0.1) is 11.1 Å². The van der Waals surface area contributed by atoms with Gasteiger partial charge in [0.25, 0.3) is 5.91 Å². The summed E-state index contributed by atoms with van der Waals surface area (Å²) >= 11 is 0. The van der Waals surface area contributed by atoms with E-state index in [4.69, 9.17) is 4.74 Å². The summed E-state index contributed by atoms with van der Waals surface area (Å²) in [5.74, 6) is -0.891. The fraction of sp³-hybridized carbons (Fsp3) is 0.577. The second kappa shape index (κ2) is 11.5. The largest absolute Gasteiger partial charge is 0.444 e. The highest BCUT2D eigenvalue weighted by molar-refractivity contribution is 6.07. The van der Waals surface area contributed by atoms with Gasteiger partial charge in [0.2, 0.25) is 11.8 Å². The molecule has 0 saturated carbocycles. The van der Waals surface area contributed by atoms with Gasteiger partial charge in [-0.15, -0.1) is 0 Å². The molecule has 0 spiro atoms. The fourth-order valence-corrected chi connectivity index (χ4v) is 4.56. The van der Waals surface area contributed by atoms with E-state index in [9.17, 15) is 24.0 Å². The molecule has 36 heavy (non-hydrogen) atoms. The molecule has 3 rings (SSSR count). The summed E-state index contributed by atoms with van der Waals surface area (Å²) in [5, 5.41) is 5.53. The highest BCUT2D eigenvalue weighted by Gasteiger charge is 2.33. The summed E-state index contributed by atoms with van der Waals surface area (Å²) in [6.45, 7) is 7.47. The van der Waals surface area contributed by atoms with Gasteiger partial charge in [0.1, 0.15) is 11.6 Å². The number of amides is 4. The zero-order valence-corrected chi connectivity index (χ0v) is 21.5. The number of aldehydes is 1. The quantitative estimate of drug-likeness (QED) is 0.436. The molecule has 196 valence electrons. The van der Waals surface area contributed by atoms with Crippen LogP contribution in [0, 0.1) is 5.92 Å². The van der Waals surface area contributed by atoms with E-state index in [1.807, 2.05) is 20.8 Å². The van der Waals surface area contributed by atoms with Gasteiger partial charge in [-0.2, -0.15) is 0 Å². The molecular formula is C26H36N4O6. The third-order valence-electron chi connectivity index (χ3n) is 6.59. The lowest BCUT2D eigenvalue weighted by Gasteiger charge is -2.33. The molecule has 0 bridgehead atoms. The highest BCUT2D eigenvalue weighted by atomic mass is 16.6. The van der Waals surface area contributed by atoms with Crippen LogP contribution in [0.1, 0.15) is 73.6 Å². The van der Waals surface area contributed by atoms with Gasteiger partial charge < -0.3 is 19.9 Å². The summed E-state index contributed by atoms with van der Waals surface area (Å²) < 4.78 is 5.45. The molecule has 4 amide bonds. The molecule has 2 aliphatic rings. The molecule has 10 heteroatoms. The Morgan fingerprint density at radius 1 is 1.19 bits per heavy atom. The van der Waals surface area contributed by atoms with Crippen molar-refractivity contribution < 1.29 is 28.7 Å². The lowest BCUT2D eigenvalue weighted by atomic mass is 9.93. The van der Waals surface area contributed by atoms with E-state index in [1.54, 1.807) is 23.1 Å². The molecule has 2 saturated heterocycles. The Labute approximate surface area is 211 Å². The van der Waals surface area contributed by atoms with Crippen LogP contribution in [0.5, 0.6) is 0 Å². The van der Waals surface area contributed by atoms with Crippen LogP contribution in [-0.2, 0) is 14.3 Å². The maximum atomic E-state index is 13.1. The van der Waals surface area contributed by atoms with Crippen LogP contribution in [0.2, 0.25) is 0 Å². The molecule has 1 aromatic carbocycles. The van der Waals surface area contributed by atoms with Gasteiger partial charge in [-0.25, -0.2) is 4.79 Å². The van der Waals surface area contributed by atoms with Crippen LogP contribution in [0.15, 0.2) is 18.2 Å². The van der Waals surface area contributed by atoms with E-state index in [1.165, 1.54) is 11.9 Å². The minimum Gasteiger partial charge on any atom is -0.444 e. The smallest absolute Gasteiger partial charge is 0.410 e. The molecule has 2 heterocycles. The number of nitrogens with one attached hydrogen (secondary N) is 2. The first kappa shape index (κ1) is 27.2. The van der Waals surface area contributed by atoms with E-state index < -0.39 is 23.5 Å². The average Bonchev–Trinajstić information content (AvgIpc) is 2.82. The standard InChI is InChI=1S/C26H36N4O6/c1-26(2,3)36-25(35)30-14-11-17(12-15-30)10-13-27-20-7-5-6-18(19(20)16-31)24(34)29(4)21-8-9-22(32)28-23(21)33/h5-7,16-17,21,27H,8-15H2,1-4H3,(H,28,32,33). The van der Waals surface area contributed by atoms with Crippen molar-refractivity contribution in [1.82, 2.24) is 15.1 Å². The third-order valence-corrected chi connectivity index (χ3v) is 6.59. The van der Waals surface area contributed by atoms with Crippen LogP contribution < -0.4 is 10.6 Å². The first-order chi connectivity index (χ1) is 17.0. The monoisotopic (exact) mass is 500 g/mol. The molecular weight excluding hydrogens is 464 g/mol. The van der Waals surface area contributed by atoms with Crippen molar-refractivity contribution in [2.45, 2.75) is 64.5 Å². The predicted molar refractivity (Wildman–Crippen MR) is 134 cm³/mol. The van der Waals surface area contributed by atoms with E-state index >= 15 is 0 Å². The molecule has 2 N–H and O–H groups in total. The van der Waals surface area contributed by atoms with Crippen molar-refractivity contribution in [3.8, 4) is 0 Å². The zero-order valence-electron chi connectivity index (χ0n) is 21.5. The number of carbonyl (C=O) groups is 5. The van der Waals surface area contributed by atoms with E-state index in [2.05, 4.69) is 10.6 Å². The maximum absolute atomic E-state index is 13.1. The SMILES string of the molecule is CN(C(=O)c1cccc(NCCC2CCN(C(=O)OC(C)(C)C)CC2)c1C=O)C1CCC(=O)NC1=O. The lowest BCUT2D eigenvalue weighted by molar-refractivity contribution is -0.136. The number of hydrogen-bond acceptors (Lipinski definition) is 7. The number of piperidine rings is 2. The van der Waals surface area contributed by atoms with Gasteiger partial charge in [0.15, 0.2) is 6.29 Å². The van der Waals surface area contributed by atoms with Crippen LogP contribution >= 0.6 is 0 Å². The number of hydrogen-bond donors (Lipinski definition) is 2. The van der Waals surface area contributed by atoms with E-state index in [0.29, 0.717) is 37.5 Å². The van der Waals surface area contributed by atoms with Crippen molar-refractivity contribution in [3.63, 3.8) is 0 Å². The maximum Gasteiger partial charge on any atom is 0.410 e. The average molecular weight is 501 g/mol. The summed E-state index contributed by atoms with van der Waals surface area (Å²) in [5.41, 5.74) is 0.480. The minimum absolute atomic E-state index is 0.160. The number of rotatable bonds is 7. The van der Waals surface area contributed by atoms with Crippen molar-refractivity contribution in [1.29, 1.82) is 0 Å². The molecule has 0 radical (unpaired) electrons. The van der Waals surface area contributed by atoms with Crippen molar-refractivity contribution >= 4 is 35.8 Å². The molecule has 2 fully saturated rings. The molecule has 10 nitrogen and oxygen atoms in total. The molecule has 1 aromatic rings. The van der Waals surface area contributed by atoms with Crippen molar-refractivity contribution in [3.05, 3.63) is 29.3 Å². The summed E-state index contributed by atoms with van der Waals surface area (Å²) in [4.78, 5) is 63.9. The Kier molecular flexibility index (Phi) is 8.70. The Balaban J connectivity index is 1.55. The molecule has 0 aliphatic carbocycles. The lowest BCUT2D eigenvalue weighted by Crippen LogP contribution is -2.53. The van der Waals surface area contributed by atoms with E-state index in [-0.39, 0.29) is 36.0 Å². The Morgan fingerprint density at radius 2 is 1.89 bits per heavy atom. The third kappa shape index (κ3) is 6.83. The summed E-state index contributed by atoms with van der Waals surface area (Å²) in [7, 11) is 1.50. The first-order valence-corrected chi connectivity index (χ1v) is 12.4. The number of likely N-dealkylation sites (N-methyl/N-ethyl adjacent to an activating group) is 1. The van der Waals surface area contributed by atoms with Crippen molar-refractivity contribution in [2.75, 3.05) is 32.0 Å². The Bertz CT molecular complexity index is 1010. The normalized spacial score (nSPS) is 18.9. The van der Waals surface area contributed by atoms with Gasteiger partial charge >= 0.3 is 6.09 Å². The van der Waals surface area contributed by atoms with Gasteiger partial charge in [-0.3, -0.25) is 24.5 Å². The van der Waals surface area contributed by atoms with Crippen LogP contribution in [-0.4, -0.2) is 78.2 Å². The summed E-state index contributed by atoms with van der Waals surface area (Å²) in [6.07, 6.45) is 3.37. The minimum atomic E-state index is -0.766. The predicted octanol–water partition coefficient (Wildman–Crippen LogP) is 2.83. The topological polar surface area (TPSA) is 125 Å². The molecule has 1 unspecified atom stereocenters. The zero-order chi connectivity index (χ0) is 26.5. The number of carbonyl (C=O) groups excluding carboxylic acids is 5. The van der Waals surface area contributed by atoms with Crippen LogP contribution in [0.25, 0.3) is 0 Å². The second-order valence-corrected chi connectivity index (χ2v) is 10.4. The number of imide groups is 1. The number of anilines is 1. The Hall–Kier alpha value is -3.43. The molecule has 0 aromatic heterocycles. The van der Waals surface area contributed by atoms with Gasteiger partial charge in [-0.05, 0) is 64.5 Å². The molecule has 1 atom stereocenters.